The highest BCUT2D eigenvalue weighted by atomic mass is 32.2. The molecule has 0 fully saturated rings. The van der Waals surface area contributed by atoms with Crippen molar-refractivity contribution in [1.82, 2.24) is 5.32 Å². The number of thioether (sulfide) groups is 1. The Bertz CT molecular complexity index is 447. The van der Waals surface area contributed by atoms with Gasteiger partial charge in [-0.3, -0.25) is 0 Å². The lowest BCUT2D eigenvalue weighted by atomic mass is 10.2. The van der Waals surface area contributed by atoms with Crippen molar-refractivity contribution in [3.05, 3.63) is 23.8 Å². The summed E-state index contributed by atoms with van der Waals surface area (Å²) in [6, 6.07) is 4.30. The van der Waals surface area contributed by atoms with Crippen LogP contribution in [0.25, 0.3) is 0 Å². The molecule has 0 saturated heterocycles. The molecule has 0 spiro atoms. The van der Waals surface area contributed by atoms with Gasteiger partial charge in [-0.2, -0.15) is 13.2 Å². The van der Waals surface area contributed by atoms with Crippen molar-refractivity contribution in [2.45, 2.75) is 49.6 Å². The lowest BCUT2D eigenvalue weighted by Crippen LogP contribution is -2.25. The Labute approximate surface area is 128 Å². The minimum atomic E-state index is -4.30. The van der Waals surface area contributed by atoms with Gasteiger partial charge in [0, 0.05) is 28.9 Å². The molecular formula is C15H23F3N2S. The summed E-state index contributed by atoms with van der Waals surface area (Å²) in [5, 5.41) is 6.53. The highest BCUT2D eigenvalue weighted by molar-refractivity contribution is 8.00. The van der Waals surface area contributed by atoms with Crippen LogP contribution in [0.5, 0.6) is 0 Å². The number of hydrogen-bond acceptors (Lipinski definition) is 3. The zero-order chi connectivity index (χ0) is 16.0. The topological polar surface area (TPSA) is 24.1 Å². The first-order valence-electron chi connectivity index (χ1n) is 7.03. The summed E-state index contributed by atoms with van der Waals surface area (Å²) < 4.78 is 38.1. The van der Waals surface area contributed by atoms with Gasteiger partial charge >= 0.3 is 6.18 Å². The fraction of sp³-hybridized carbons (Fsp3) is 0.600. The molecule has 1 aromatic carbocycles. The number of anilines is 1. The van der Waals surface area contributed by atoms with Crippen LogP contribution in [0.2, 0.25) is 0 Å². The number of benzene rings is 1. The van der Waals surface area contributed by atoms with Gasteiger partial charge in [-0.05, 0) is 31.2 Å². The van der Waals surface area contributed by atoms with E-state index in [0.29, 0.717) is 17.0 Å². The summed E-state index contributed by atoms with van der Waals surface area (Å²) in [5.41, 5.74) is -0.0937. The van der Waals surface area contributed by atoms with E-state index in [4.69, 9.17) is 0 Å². The van der Waals surface area contributed by atoms with E-state index in [2.05, 4.69) is 31.4 Å². The van der Waals surface area contributed by atoms with Crippen molar-refractivity contribution in [3.8, 4) is 0 Å². The van der Waals surface area contributed by atoms with Gasteiger partial charge in [-0.25, -0.2) is 0 Å². The molecule has 120 valence electrons. The molecule has 0 heterocycles. The summed E-state index contributed by atoms with van der Waals surface area (Å²) in [5.74, 6) is 0. The first-order chi connectivity index (χ1) is 9.74. The molecule has 0 bridgehead atoms. The van der Waals surface area contributed by atoms with Gasteiger partial charge in [-0.1, -0.05) is 20.8 Å². The normalized spacial score (nSPS) is 13.5. The van der Waals surface area contributed by atoms with Crippen LogP contribution in [0, 0.1) is 0 Å². The Kier molecular flexibility index (Phi) is 6.87. The minimum Gasteiger partial charge on any atom is -0.387 e. The largest absolute Gasteiger partial charge is 0.416 e. The van der Waals surface area contributed by atoms with Gasteiger partial charge in [0.15, 0.2) is 0 Å². The third kappa shape index (κ3) is 6.18. The third-order valence-electron chi connectivity index (χ3n) is 3.01. The van der Waals surface area contributed by atoms with Crippen LogP contribution in [-0.2, 0) is 6.18 Å². The van der Waals surface area contributed by atoms with Gasteiger partial charge in [0.05, 0.1) is 5.56 Å². The number of hydrogen-bond donors (Lipinski definition) is 2. The highest BCUT2D eigenvalue weighted by Crippen LogP contribution is 2.37. The van der Waals surface area contributed by atoms with Gasteiger partial charge < -0.3 is 10.6 Å². The maximum atomic E-state index is 12.7. The van der Waals surface area contributed by atoms with E-state index < -0.39 is 11.7 Å². The van der Waals surface area contributed by atoms with E-state index in [1.165, 1.54) is 6.07 Å². The molecule has 2 nitrogen and oxygen atoms in total. The molecule has 0 radical (unpaired) electrons. The van der Waals surface area contributed by atoms with Crippen LogP contribution in [0.1, 0.15) is 32.8 Å². The average Bonchev–Trinajstić information content (AvgIpc) is 2.37. The molecule has 0 aliphatic heterocycles. The van der Waals surface area contributed by atoms with Gasteiger partial charge in [0.25, 0.3) is 0 Å². The Hall–Kier alpha value is -0.880. The molecule has 6 heteroatoms. The molecule has 0 amide bonds. The first-order valence-corrected chi connectivity index (χ1v) is 7.91. The van der Waals surface area contributed by atoms with E-state index in [0.717, 1.165) is 23.9 Å². The summed E-state index contributed by atoms with van der Waals surface area (Å²) >= 11 is 1.60. The molecular weight excluding hydrogens is 297 g/mol. The lowest BCUT2D eigenvalue weighted by molar-refractivity contribution is -0.137. The van der Waals surface area contributed by atoms with E-state index in [1.54, 1.807) is 24.9 Å². The fourth-order valence-corrected chi connectivity index (χ4v) is 2.96. The molecule has 1 atom stereocenters. The standard InChI is InChI=1S/C15H23F3N2S/c1-10(2)20-8-7-11(3)21-14-6-5-12(15(16,17)18)9-13(14)19-4/h5-6,9-11,19-20H,7-8H2,1-4H3. The summed E-state index contributed by atoms with van der Waals surface area (Å²) in [7, 11) is 1.64. The van der Waals surface area contributed by atoms with Crippen LogP contribution >= 0.6 is 11.8 Å². The monoisotopic (exact) mass is 320 g/mol. The van der Waals surface area contributed by atoms with E-state index in [-0.39, 0.29) is 0 Å². The number of nitrogens with one attached hydrogen (secondary N) is 2. The lowest BCUT2D eigenvalue weighted by Gasteiger charge is -2.17. The molecule has 2 N–H and O–H groups in total. The Morgan fingerprint density at radius 1 is 1.19 bits per heavy atom. The van der Waals surface area contributed by atoms with Gasteiger partial charge in [0.1, 0.15) is 0 Å². The molecule has 0 saturated carbocycles. The SMILES string of the molecule is CNc1cc(C(F)(F)F)ccc1SC(C)CCNC(C)C. The van der Waals surface area contributed by atoms with Gasteiger partial charge in [0.2, 0.25) is 0 Å². The quantitative estimate of drug-likeness (QED) is 0.717. The average molecular weight is 320 g/mol. The second-order valence-corrected chi connectivity index (χ2v) is 6.76. The third-order valence-corrected chi connectivity index (χ3v) is 4.26. The predicted molar refractivity (Wildman–Crippen MR) is 84.1 cm³/mol. The molecule has 0 aliphatic rings. The van der Waals surface area contributed by atoms with Crippen molar-refractivity contribution in [2.75, 3.05) is 18.9 Å². The van der Waals surface area contributed by atoms with Crippen LogP contribution in [0.15, 0.2) is 23.1 Å². The zero-order valence-corrected chi connectivity index (χ0v) is 13.7. The van der Waals surface area contributed by atoms with Gasteiger partial charge in [-0.15, -0.1) is 11.8 Å². The van der Waals surface area contributed by atoms with Crippen LogP contribution < -0.4 is 10.6 Å². The van der Waals surface area contributed by atoms with E-state index >= 15 is 0 Å². The molecule has 0 aliphatic carbocycles. The Balaban J connectivity index is 2.70. The molecule has 21 heavy (non-hydrogen) atoms. The maximum absolute atomic E-state index is 12.7. The van der Waals surface area contributed by atoms with E-state index in [1.807, 2.05) is 0 Å². The fourth-order valence-electron chi connectivity index (χ4n) is 1.86. The highest BCUT2D eigenvalue weighted by Gasteiger charge is 2.31. The smallest absolute Gasteiger partial charge is 0.387 e. The van der Waals surface area contributed by atoms with Crippen molar-refractivity contribution >= 4 is 17.4 Å². The van der Waals surface area contributed by atoms with Crippen LogP contribution in [-0.4, -0.2) is 24.9 Å². The predicted octanol–water partition coefficient (Wildman–Crippen LogP) is 4.62. The Morgan fingerprint density at radius 2 is 1.86 bits per heavy atom. The van der Waals surface area contributed by atoms with E-state index in [9.17, 15) is 13.2 Å². The Morgan fingerprint density at radius 3 is 2.38 bits per heavy atom. The second-order valence-electron chi connectivity index (χ2n) is 5.28. The first kappa shape index (κ1) is 18.2. The number of alkyl halides is 3. The summed E-state index contributed by atoms with van der Waals surface area (Å²) in [4.78, 5) is 0.850. The molecule has 1 aromatic rings. The van der Waals surface area contributed by atoms with Crippen molar-refractivity contribution in [2.24, 2.45) is 0 Å². The van der Waals surface area contributed by atoms with Crippen molar-refractivity contribution in [1.29, 1.82) is 0 Å². The minimum absolute atomic E-state index is 0.333. The molecule has 1 rings (SSSR count). The van der Waals surface area contributed by atoms with Crippen molar-refractivity contribution < 1.29 is 13.2 Å². The summed E-state index contributed by atoms with van der Waals surface area (Å²) in [6.07, 6.45) is -3.34. The molecule has 0 aromatic heterocycles. The maximum Gasteiger partial charge on any atom is 0.416 e. The second kappa shape index (κ2) is 7.94. The molecule has 1 unspecified atom stereocenters. The zero-order valence-electron chi connectivity index (χ0n) is 12.8. The van der Waals surface area contributed by atoms with Crippen LogP contribution in [0.4, 0.5) is 18.9 Å². The number of halogens is 3. The van der Waals surface area contributed by atoms with Crippen LogP contribution in [0.3, 0.4) is 0 Å². The van der Waals surface area contributed by atoms with Crippen molar-refractivity contribution in [3.63, 3.8) is 0 Å². The summed E-state index contributed by atoms with van der Waals surface area (Å²) in [6.45, 7) is 7.17. The number of rotatable bonds is 7.